The average molecular weight is 385 g/mol. The first-order valence-electron chi connectivity index (χ1n) is 8.50. The second-order valence-electron chi connectivity index (χ2n) is 6.11. The van der Waals surface area contributed by atoms with Gasteiger partial charge in [0.2, 0.25) is 11.8 Å². The number of nitrogens with zero attached hydrogens (tertiary/aromatic N) is 1. The predicted molar refractivity (Wildman–Crippen MR) is 101 cm³/mol. The molecule has 1 aliphatic rings. The molecule has 1 aromatic heterocycles. The molecule has 0 saturated heterocycles. The summed E-state index contributed by atoms with van der Waals surface area (Å²) >= 11 is 5.91. The van der Waals surface area contributed by atoms with Crippen molar-refractivity contribution >= 4 is 23.2 Å². The number of rotatable bonds is 4. The molecule has 2 heterocycles. The Morgan fingerprint density at radius 1 is 1.11 bits per heavy atom. The first kappa shape index (κ1) is 17.4. The fourth-order valence-corrected chi connectivity index (χ4v) is 2.91. The summed E-state index contributed by atoms with van der Waals surface area (Å²) in [6.07, 6.45) is 0.108. The van der Waals surface area contributed by atoms with E-state index >= 15 is 0 Å². The smallest absolute Gasteiger partial charge is 0.230 e. The molecule has 6 nitrogen and oxygen atoms in total. The van der Waals surface area contributed by atoms with E-state index in [0.29, 0.717) is 52.8 Å². The summed E-state index contributed by atoms with van der Waals surface area (Å²) in [5, 5.41) is 3.49. The van der Waals surface area contributed by atoms with Crippen LogP contribution in [0.3, 0.4) is 0 Å². The molecule has 138 valence electrons. The summed E-state index contributed by atoms with van der Waals surface area (Å²) in [7, 11) is 0. The largest absolute Gasteiger partial charge is 0.486 e. The van der Waals surface area contributed by atoms with Crippen LogP contribution < -0.4 is 14.8 Å². The summed E-state index contributed by atoms with van der Waals surface area (Å²) in [4.78, 5) is 16.9. The van der Waals surface area contributed by atoms with Crippen LogP contribution in [0.5, 0.6) is 11.5 Å². The highest BCUT2D eigenvalue weighted by atomic mass is 35.5. The van der Waals surface area contributed by atoms with Gasteiger partial charge in [0, 0.05) is 22.3 Å². The highest BCUT2D eigenvalue weighted by Gasteiger charge is 2.16. The van der Waals surface area contributed by atoms with Gasteiger partial charge in [-0.15, -0.1) is 0 Å². The summed E-state index contributed by atoms with van der Waals surface area (Å²) in [5.41, 5.74) is 2.04. The zero-order valence-corrected chi connectivity index (χ0v) is 15.4. The van der Waals surface area contributed by atoms with Crippen LogP contribution in [0.4, 0.5) is 5.69 Å². The van der Waals surface area contributed by atoms with Crippen molar-refractivity contribution in [1.82, 2.24) is 4.98 Å². The monoisotopic (exact) mass is 384 g/mol. The molecule has 0 bridgehead atoms. The molecule has 0 fully saturated rings. The molecule has 0 spiro atoms. The van der Waals surface area contributed by atoms with Gasteiger partial charge in [0.1, 0.15) is 19.0 Å². The van der Waals surface area contributed by atoms with Gasteiger partial charge in [0.25, 0.3) is 0 Å². The Labute approximate surface area is 161 Å². The molecule has 1 amide bonds. The fourth-order valence-electron chi connectivity index (χ4n) is 2.79. The number of ether oxygens (including phenoxy) is 2. The van der Waals surface area contributed by atoms with E-state index in [0.717, 1.165) is 5.56 Å². The summed E-state index contributed by atoms with van der Waals surface area (Å²) < 4.78 is 16.7. The van der Waals surface area contributed by atoms with E-state index in [1.807, 2.05) is 12.1 Å². The van der Waals surface area contributed by atoms with Crippen LogP contribution in [0, 0.1) is 6.92 Å². The van der Waals surface area contributed by atoms with E-state index in [9.17, 15) is 4.79 Å². The molecule has 4 rings (SSSR count). The van der Waals surface area contributed by atoms with Crippen molar-refractivity contribution in [3.63, 3.8) is 0 Å². The van der Waals surface area contributed by atoms with Crippen LogP contribution in [0.15, 0.2) is 46.9 Å². The van der Waals surface area contributed by atoms with Crippen molar-refractivity contribution in [1.29, 1.82) is 0 Å². The van der Waals surface area contributed by atoms with Gasteiger partial charge >= 0.3 is 0 Å². The van der Waals surface area contributed by atoms with E-state index < -0.39 is 0 Å². The molecular formula is C20H17ClN2O4. The molecule has 0 saturated carbocycles. The highest BCUT2D eigenvalue weighted by molar-refractivity contribution is 6.30. The van der Waals surface area contributed by atoms with E-state index in [4.69, 9.17) is 25.5 Å². The van der Waals surface area contributed by atoms with Gasteiger partial charge in [0.05, 0.1) is 12.1 Å². The van der Waals surface area contributed by atoms with Gasteiger partial charge in [0.15, 0.2) is 11.5 Å². The van der Waals surface area contributed by atoms with E-state index in [1.165, 1.54) is 0 Å². The number of aryl methyl sites for hydroxylation is 1. The van der Waals surface area contributed by atoms with Gasteiger partial charge in [-0.1, -0.05) is 11.6 Å². The number of benzene rings is 2. The lowest BCUT2D eigenvalue weighted by Gasteiger charge is -2.18. The first-order chi connectivity index (χ1) is 13.1. The van der Waals surface area contributed by atoms with Crippen LogP contribution in [-0.4, -0.2) is 24.1 Å². The molecular weight excluding hydrogens is 368 g/mol. The zero-order chi connectivity index (χ0) is 18.8. The minimum absolute atomic E-state index is 0.108. The maximum Gasteiger partial charge on any atom is 0.230 e. The summed E-state index contributed by atoms with van der Waals surface area (Å²) in [6, 6.07) is 12.5. The highest BCUT2D eigenvalue weighted by Crippen LogP contribution is 2.32. The second kappa shape index (κ2) is 7.32. The third-order valence-corrected chi connectivity index (χ3v) is 4.39. The Kier molecular flexibility index (Phi) is 4.73. The molecule has 27 heavy (non-hydrogen) atoms. The molecule has 1 N–H and O–H groups in total. The van der Waals surface area contributed by atoms with Crippen LogP contribution >= 0.6 is 11.6 Å². The van der Waals surface area contributed by atoms with Gasteiger partial charge in [-0.3, -0.25) is 4.79 Å². The Morgan fingerprint density at radius 2 is 1.85 bits per heavy atom. The molecule has 7 heteroatoms. The molecule has 0 aliphatic carbocycles. The summed E-state index contributed by atoms with van der Waals surface area (Å²) in [6.45, 7) is 2.81. The number of carbonyl (C=O) groups excluding carboxylic acids is 1. The third-order valence-electron chi connectivity index (χ3n) is 4.14. The Balaban J connectivity index is 1.46. The van der Waals surface area contributed by atoms with Gasteiger partial charge < -0.3 is 19.2 Å². The van der Waals surface area contributed by atoms with Crippen molar-refractivity contribution in [2.45, 2.75) is 13.3 Å². The van der Waals surface area contributed by atoms with Crippen molar-refractivity contribution in [3.05, 3.63) is 58.9 Å². The number of carbonyl (C=O) groups is 1. The molecule has 0 radical (unpaired) electrons. The van der Waals surface area contributed by atoms with Crippen molar-refractivity contribution < 1.29 is 18.7 Å². The molecule has 1 aliphatic heterocycles. The van der Waals surface area contributed by atoms with Crippen molar-refractivity contribution in [2.75, 3.05) is 18.5 Å². The Bertz CT molecular complexity index is 982. The molecule has 0 unspecified atom stereocenters. The van der Waals surface area contributed by atoms with E-state index in [-0.39, 0.29) is 12.3 Å². The Morgan fingerprint density at radius 3 is 2.63 bits per heavy atom. The average Bonchev–Trinajstić information content (AvgIpc) is 3.02. The Hall–Kier alpha value is -2.99. The lowest BCUT2D eigenvalue weighted by molar-refractivity contribution is -0.115. The van der Waals surface area contributed by atoms with Crippen LogP contribution in [0.2, 0.25) is 5.02 Å². The number of anilines is 1. The first-order valence-corrected chi connectivity index (χ1v) is 8.88. The van der Waals surface area contributed by atoms with Gasteiger partial charge in [-0.05, 0) is 43.3 Å². The lowest BCUT2D eigenvalue weighted by atomic mass is 10.2. The maximum absolute atomic E-state index is 12.4. The normalized spacial score (nSPS) is 12.7. The zero-order valence-electron chi connectivity index (χ0n) is 14.6. The number of halogens is 1. The minimum atomic E-state index is -0.189. The van der Waals surface area contributed by atoms with Crippen LogP contribution in [0.1, 0.15) is 11.5 Å². The molecule has 2 aromatic carbocycles. The second-order valence-corrected chi connectivity index (χ2v) is 6.55. The fraction of sp³-hybridized carbons (Fsp3) is 0.200. The van der Waals surface area contributed by atoms with E-state index in [2.05, 4.69) is 10.3 Å². The number of aromatic nitrogens is 1. The standard InChI is InChI=1S/C20H17ClN2O4/c1-12-16(23-20(27-12)13-2-4-14(21)5-3-13)11-19(24)22-15-6-7-17-18(10-15)26-9-8-25-17/h2-7,10H,8-9,11H2,1H3,(H,22,24). The third kappa shape index (κ3) is 3.90. The number of nitrogens with one attached hydrogen (secondary N) is 1. The maximum atomic E-state index is 12.4. The molecule has 0 atom stereocenters. The number of hydrogen-bond acceptors (Lipinski definition) is 5. The minimum Gasteiger partial charge on any atom is -0.486 e. The lowest BCUT2D eigenvalue weighted by Crippen LogP contribution is -2.17. The quantitative estimate of drug-likeness (QED) is 0.727. The predicted octanol–water partition coefficient (Wildman–Crippen LogP) is 4.26. The van der Waals surface area contributed by atoms with Crippen molar-refractivity contribution in [3.8, 4) is 23.0 Å². The van der Waals surface area contributed by atoms with Crippen molar-refractivity contribution in [2.24, 2.45) is 0 Å². The number of amides is 1. The number of fused-ring (bicyclic) bond motifs is 1. The topological polar surface area (TPSA) is 73.6 Å². The number of hydrogen-bond donors (Lipinski definition) is 1. The number of oxazole rings is 1. The van der Waals surface area contributed by atoms with Gasteiger partial charge in [-0.2, -0.15) is 0 Å². The summed E-state index contributed by atoms with van der Waals surface area (Å²) in [5.74, 6) is 2.19. The van der Waals surface area contributed by atoms with Gasteiger partial charge in [-0.25, -0.2) is 4.98 Å². The van der Waals surface area contributed by atoms with Crippen LogP contribution in [-0.2, 0) is 11.2 Å². The molecule has 3 aromatic rings. The SMILES string of the molecule is Cc1oc(-c2ccc(Cl)cc2)nc1CC(=O)Nc1ccc2c(c1)OCCO2. The van der Waals surface area contributed by atoms with Crippen LogP contribution in [0.25, 0.3) is 11.5 Å². The van der Waals surface area contributed by atoms with E-state index in [1.54, 1.807) is 37.3 Å².